The van der Waals surface area contributed by atoms with Crippen LogP contribution < -0.4 is 15.8 Å². The van der Waals surface area contributed by atoms with E-state index in [2.05, 4.69) is 62.2 Å². The van der Waals surface area contributed by atoms with Gasteiger partial charge in [0.1, 0.15) is 11.5 Å². The lowest BCUT2D eigenvalue weighted by Gasteiger charge is -2.33. The summed E-state index contributed by atoms with van der Waals surface area (Å²) in [5.74, 6) is 2.27. The average Bonchev–Trinajstić information content (AvgIpc) is 2.88. The molecule has 1 aliphatic heterocycles. The Hall–Kier alpha value is -3.02. The van der Waals surface area contributed by atoms with Gasteiger partial charge in [-0.25, -0.2) is 0 Å². The summed E-state index contributed by atoms with van der Waals surface area (Å²) in [6.45, 7) is 11.5. The fourth-order valence-electron chi connectivity index (χ4n) is 5.07. The normalized spacial score (nSPS) is 15.7. The third-order valence-corrected chi connectivity index (χ3v) is 7.58. The van der Waals surface area contributed by atoms with Crippen molar-refractivity contribution in [3.8, 4) is 11.5 Å². The van der Waals surface area contributed by atoms with Crippen LogP contribution in [0.5, 0.6) is 11.5 Å². The number of nitrogen functional groups attached to an aromatic ring is 1. The summed E-state index contributed by atoms with van der Waals surface area (Å²) in [6, 6.07) is 18.4. The van der Waals surface area contributed by atoms with Gasteiger partial charge in [-0.1, -0.05) is 30.3 Å². The zero-order chi connectivity index (χ0) is 24.9. The predicted molar refractivity (Wildman–Crippen MR) is 146 cm³/mol. The number of benzene rings is 3. The van der Waals surface area contributed by atoms with Gasteiger partial charge in [-0.3, -0.25) is 0 Å². The van der Waals surface area contributed by atoms with Gasteiger partial charge in [-0.2, -0.15) is 0 Å². The summed E-state index contributed by atoms with van der Waals surface area (Å²) in [5.41, 5.74) is 14.1. The van der Waals surface area contributed by atoms with Gasteiger partial charge in [-0.15, -0.1) is 0 Å². The topological polar surface area (TPSA) is 70.8 Å². The van der Waals surface area contributed by atoms with Crippen LogP contribution in [0.2, 0.25) is 0 Å². The highest BCUT2D eigenvalue weighted by Crippen LogP contribution is 2.33. The van der Waals surface area contributed by atoms with E-state index in [1.165, 1.54) is 16.7 Å². The molecule has 1 fully saturated rings. The number of hydrogen-bond acceptors (Lipinski definition) is 5. The summed E-state index contributed by atoms with van der Waals surface area (Å²) in [7, 11) is 0. The Bertz CT molecular complexity index is 1090. The van der Waals surface area contributed by atoms with Gasteiger partial charge >= 0.3 is 0 Å². The van der Waals surface area contributed by atoms with Crippen LogP contribution in [0.25, 0.3) is 0 Å². The first-order chi connectivity index (χ1) is 16.8. The first-order valence-corrected chi connectivity index (χ1v) is 12.7. The number of β-amino-alcohol motifs (C(OH)–C–C–N with tert-alkyl or cyclic N) is 1. The van der Waals surface area contributed by atoms with E-state index in [1.54, 1.807) is 0 Å². The second-order valence-electron chi connectivity index (χ2n) is 9.88. The molecular weight excluding hydrogens is 434 g/mol. The van der Waals surface area contributed by atoms with Gasteiger partial charge in [0, 0.05) is 24.5 Å². The number of piperidine rings is 1. The van der Waals surface area contributed by atoms with Crippen molar-refractivity contribution in [2.75, 3.05) is 37.2 Å². The molecule has 0 spiro atoms. The molecule has 1 saturated heterocycles. The lowest BCUT2D eigenvalue weighted by Crippen LogP contribution is -2.40. The van der Waals surface area contributed by atoms with Crippen LogP contribution in [-0.2, 0) is 0 Å². The minimum Gasteiger partial charge on any atom is -0.457 e. The van der Waals surface area contributed by atoms with Crippen LogP contribution in [0.3, 0.4) is 0 Å². The van der Waals surface area contributed by atoms with Crippen LogP contribution in [0.15, 0.2) is 54.6 Å². The van der Waals surface area contributed by atoms with Gasteiger partial charge in [-0.05, 0) is 112 Å². The number of ether oxygens (including phenoxy) is 1. The summed E-state index contributed by atoms with van der Waals surface area (Å²) < 4.78 is 5.92. The Morgan fingerprint density at radius 2 is 1.46 bits per heavy atom. The Balaban J connectivity index is 1.25. The third-order valence-electron chi connectivity index (χ3n) is 7.58. The molecule has 1 aliphatic rings. The van der Waals surface area contributed by atoms with Crippen LogP contribution >= 0.6 is 0 Å². The monoisotopic (exact) mass is 473 g/mol. The number of hydrogen-bond donors (Lipinski definition) is 3. The molecule has 5 heteroatoms. The first-order valence-electron chi connectivity index (χ1n) is 12.7. The highest BCUT2D eigenvalue weighted by atomic mass is 16.5. The maximum atomic E-state index is 10.7. The standard InChI is InChI=1S/C30H39N3O2/c1-20-22(3)30(23(4)21(2)29(20)31)32-18-26(34)19-33-16-14-25(15-17-33)24-10-12-28(13-11-24)35-27-8-6-5-7-9-27/h5-13,25-26,32,34H,14-19,31H2,1-4H3. The maximum absolute atomic E-state index is 10.7. The lowest BCUT2D eigenvalue weighted by molar-refractivity contribution is 0.105. The largest absolute Gasteiger partial charge is 0.457 e. The number of aliphatic hydroxyl groups excluding tert-OH is 1. The third kappa shape index (κ3) is 5.98. The van der Waals surface area contributed by atoms with E-state index in [9.17, 15) is 5.11 Å². The van der Waals surface area contributed by atoms with Gasteiger partial charge < -0.3 is 25.8 Å². The molecule has 0 radical (unpaired) electrons. The fraction of sp³-hybridized carbons (Fsp3) is 0.400. The zero-order valence-electron chi connectivity index (χ0n) is 21.5. The van der Waals surface area contributed by atoms with Crippen molar-refractivity contribution in [1.82, 2.24) is 4.90 Å². The molecule has 1 heterocycles. The summed E-state index contributed by atoms with van der Waals surface area (Å²) in [6.07, 6.45) is 1.79. The maximum Gasteiger partial charge on any atom is 0.127 e. The second kappa shape index (κ2) is 11.1. The van der Waals surface area contributed by atoms with Crippen molar-refractivity contribution >= 4 is 11.4 Å². The summed E-state index contributed by atoms with van der Waals surface area (Å²) in [5, 5.41) is 14.2. The van der Waals surface area contributed by atoms with Crippen LogP contribution in [0.4, 0.5) is 11.4 Å². The van der Waals surface area contributed by atoms with Crippen molar-refractivity contribution in [3.63, 3.8) is 0 Å². The summed E-state index contributed by atoms with van der Waals surface area (Å²) >= 11 is 0. The zero-order valence-corrected chi connectivity index (χ0v) is 21.5. The molecule has 5 nitrogen and oxygen atoms in total. The molecule has 4 rings (SSSR count). The number of para-hydroxylation sites is 1. The predicted octanol–water partition coefficient (Wildman–Crippen LogP) is 5.95. The molecule has 4 N–H and O–H groups in total. The van der Waals surface area contributed by atoms with Crippen LogP contribution in [0, 0.1) is 27.7 Å². The highest BCUT2D eigenvalue weighted by molar-refractivity contribution is 5.71. The minimum atomic E-state index is -0.419. The number of likely N-dealkylation sites (tertiary alicyclic amines) is 1. The molecule has 0 aromatic heterocycles. The van der Waals surface area contributed by atoms with E-state index >= 15 is 0 Å². The molecule has 3 aromatic rings. The van der Waals surface area contributed by atoms with E-state index in [0.29, 0.717) is 19.0 Å². The number of nitrogens with one attached hydrogen (secondary N) is 1. The van der Waals surface area contributed by atoms with Crippen molar-refractivity contribution in [2.45, 2.75) is 52.6 Å². The van der Waals surface area contributed by atoms with Crippen molar-refractivity contribution in [2.24, 2.45) is 0 Å². The second-order valence-corrected chi connectivity index (χ2v) is 9.88. The van der Waals surface area contributed by atoms with Crippen molar-refractivity contribution < 1.29 is 9.84 Å². The van der Waals surface area contributed by atoms with Gasteiger partial charge in [0.25, 0.3) is 0 Å². The van der Waals surface area contributed by atoms with Gasteiger partial charge in [0.2, 0.25) is 0 Å². The highest BCUT2D eigenvalue weighted by Gasteiger charge is 2.22. The quantitative estimate of drug-likeness (QED) is 0.353. The van der Waals surface area contributed by atoms with E-state index in [1.807, 2.05) is 30.3 Å². The molecule has 186 valence electrons. The molecule has 35 heavy (non-hydrogen) atoms. The Morgan fingerprint density at radius 1 is 0.886 bits per heavy atom. The average molecular weight is 474 g/mol. The smallest absolute Gasteiger partial charge is 0.127 e. The lowest BCUT2D eigenvalue weighted by atomic mass is 9.89. The molecule has 1 unspecified atom stereocenters. The van der Waals surface area contributed by atoms with E-state index in [0.717, 1.165) is 59.9 Å². The fourth-order valence-corrected chi connectivity index (χ4v) is 5.07. The van der Waals surface area contributed by atoms with Crippen LogP contribution in [-0.4, -0.2) is 42.3 Å². The molecule has 0 saturated carbocycles. The molecule has 0 bridgehead atoms. The van der Waals surface area contributed by atoms with Crippen LogP contribution in [0.1, 0.15) is 46.6 Å². The van der Waals surface area contributed by atoms with Gasteiger partial charge in [0.05, 0.1) is 6.10 Å². The molecule has 1 atom stereocenters. The number of anilines is 2. The molecule has 0 amide bonds. The number of rotatable bonds is 8. The molecule has 3 aromatic carbocycles. The Kier molecular flexibility index (Phi) is 7.99. The molecular formula is C30H39N3O2. The van der Waals surface area contributed by atoms with Gasteiger partial charge in [0.15, 0.2) is 0 Å². The Labute approximate surface area is 209 Å². The van der Waals surface area contributed by atoms with Crippen molar-refractivity contribution in [3.05, 3.63) is 82.4 Å². The van der Waals surface area contributed by atoms with E-state index in [-0.39, 0.29) is 0 Å². The Morgan fingerprint density at radius 3 is 2.06 bits per heavy atom. The number of nitrogens with two attached hydrogens (primary N) is 1. The van der Waals surface area contributed by atoms with Crippen molar-refractivity contribution in [1.29, 1.82) is 0 Å². The SMILES string of the molecule is Cc1c(C)c(NCC(O)CN2CCC(c3ccc(Oc4ccccc4)cc3)CC2)c(C)c(C)c1N. The minimum absolute atomic E-state index is 0.419. The number of aliphatic hydroxyl groups is 1. The van der Waals surface area contributed by atoms with E-state index < -0.39 is 6.10 Å². The summed E-state index contributed by atoms with van der Waals surface area (Å²) in [4.78, 5) is 2.38. The van der Waals surface area contributed by atoms with E-state index in [4.69, 9.17) is 10.5 Å². The molecule has 0 aliphatic carbocycles. The number of nitrogens with zero attached hydrogens (tertiary/aromatic N) is 1. The first kappa shape index (κ1) is 25.1.